The second-order valence-electron chi connectivity index (χ2n) is 6.85. The maximum Gasteiger partial charge on any atom is 0.273 e. The number of carbonyl (C=O) groups is 2. The molecule has 2 amide bonds. The Morgan fingerprint density at radius 2 is 1.93 bits per heavy atom. The maximum atomic E-state index is 12.6. The molecule has 2 aromatic rings. The van der Waals surface area contributed by atoms with Crippen LogP contribution in [0.4, 0.5) is 11.4 Å². The van der Waals surface area contributed by atoms with E-state index in [-0.39, 0.29) is 29.6 Å². The van der Waals surface area contributed by atoms with Gasteiger partial charge in [-0.3, -0.25) is 19.7 Å². The summed E-state index contributed by atoms with van der Waals surface area (Å²) in [5, 5.41) is 13.9. The molecule has 7 nitrogen and oxygen atoms in total. The number of rotatable bonds is 4. The van der Waals surface area contributed by atoms with Gasteiger partial charge in [-0.15, -0.1) is 0 Å². The van der Waals surface area contributed by atoms with Crippen LogP contribution in [-0.2, 0) is 4.79 Å². The summed E-state index contributed by atoms with van der Waals surface area (Å²) in [6.07, 6.45) is 0.201. The Labute approximate surface area is 157 Å². The molecule has 1 fully saturated rings. The van der Waals surface area contributed by atoms with Crippen LogP contribution in [0.15, 0.2) is 36.4 Å². The van der Waals surface area contributed by atoms with E-state index in [0.29, 0.717) is 12.1 Å². The Bertz CT molecular complexity index is 939. The van der Waals surface area contributed by atoms with Crippen LogP contribution >= 0.6 is 0 Å². The van der Waals surface area contributed by atoms with E-state index in [1.165, 1.54) is 12.1 Å². The van der Waals surface area contributed by atoms with Gasteiger partial charge in [-0.25, -0.2) is 0 Å². The van der Waals surface area contributed by atoms with Crippen molar-refractivity contribution < 1.29 is 14.5 Å². The summed E-state index contributed by atoms with van der Waals surface area (Å²) in [6.45, 7) is 5.92. The van der Waals surface area contributed by atoms with Crippen molar-refractivity contribution in [3.63, 3.8) is 0 Å². The van der Waals surface area contributed by atoms with Crippen LogP contribution in [0.5, 0.6) is 0 Å². The quantitative estimate of drug-likeness (QED) is 0.664. The molecule has 2 aromatic carbocycles. The molecule has 27 heavy (non-hydrogen) atoms. The van der Waals surface area contributed by atoms with Gasteiger partial charge in [0.1, 0.15) is 0 Å². The highest BCUT2D eigenvalue weighted by Gasteiger charge is 2.32. The summed E-state index contributed by atoms with van der Waals surface area (Å²) >= 11 is 0. The molecule has 140 valence electrons. The van der Waals surface area contributed by atoms with E-state index >= 15 is 0 Å². The number of carbonyl (C=O) groups excluding carboxylic acids is 2. The second kappa shape index (κ2) is 7.19. The van der Waals surface area contributed by atoms with Crippen LogP contribution in [-0.4, -0.2) is 29.3 Å². The number of benzene rings is 2. The minimum absolute atomic E-state index is 0.0562. The molecule has 0 saturated carbocycles. The molecule has 1 N–H and O–H groups in total. The van der Waals surface area contributed by atoms with Crippen molar-refractivity contribution in [2.24, 2.45) is 0 Å². The van der Waals surface area contributed by atoms with E-state index in [2.05, 4.69) is 5.32 Å². The van der Waals surface area contributed by atoms with E-state index in [4.69, 9.17) is 0 Å². The standard InChI is InChI=1S/C20H21N3O4/c1-12-7-8-16(9-13(12)2)22-11-15(10-19(22)24)21-20(25)17-5-4-6-18(14(17)3)23(26)27/h4-9,15H,10-11H2,1-3H3,(H,21,25)/t15-/m1/s1. The zero-order chi connectivity index (χ0) is 19.7. The zero-order valence-electron chi connectivity index (χ0n) is 15.5. The van der Waals surface area contributed by atoms with Crippen LogP contribution in [0.3, 0.4) is 0 Å². The molecule has 1 atom stereocenters. The van der Waals surface area contributed by atoms with Crippen molar-refractivity contribution in [3.8, 4) is 0 Å². The number of nitrogens with zero attached hydrogens (tertiary/aromatic N) is 2. The second-order valence-corrected chi connectivity index (χ2v) is 6.85. The van der Waals surface area contributed by atoms with Gasteiger partial charge >= 0.3 is 0 Å². The van der Waals surface area contributed by atoms with Gasteiger partial charge in [-0.05, 0) is 50.1 Å². The van der Waals surface area contributed by atoms with E-state index in [1.54, 1.807) is 17.9 Å². The maximum absolute atomic E-state index is 12.6. The van der Waals surface area contributed by atoms with Crippen LogP contribution in [0.2, 0.25) is 0 Å². The summed E-state index contributed by atoms with van der Waals surface area (Å²) in [5.41, 5.74) is 3.53. The fraction of sp³-hybridized carbons (Fsp3) is 0.300. The summed E-state index contributed by atoms with van der Waals surface area (Å²) in [7, 11) is 0. The van der Waals surface area contributed by atoms with Gasteiger partial charge in [0.2, 0.25) is 5.91 Å². The largest absolute Gasteiger partial charge is 0.347 e. The van der Waals surface area contributed by atoms with Gasteiger partial charge in [0.15, 0.2) is 0 Å². The molecule has 0 aliphatic carbocycles. The first kappa shape index (κ1) is 18.6. The van der Waals surface area contributed by atoms with Gasteiger partial charge in [-0.2, -0.15) is 0 Å². The Morgan fingerprint density at radius 1 is 1.19 bits per heavy atom. The lowest BCUT2D eigenvalue weighted by atomic mass is 10.1. The summed E-state index contributed by atoms with van der Waals surface area (Å²) in [4.78, 5) is 37.2. The Hall–Kier alpha value is -3.22. The average Bonchev–Trinajstić information content (AvgIpc) is 2.97. The topological polar surface area (TPSA) is 92.6 Å². The number of anilines is 1. The van der Waals surface area contributed by atoms with Crippen molar-refractivity contribution in [2.75, 3.05) is 11.4 Å². The predicted molar refractivity (Wildman–Crippen MR) is 102 cm³/mol. The molecule has 1 heterocycles. The third kappa shape index (κ3) is 3.67. The zero-order valence-corrected chi connectivity index (χ0v) is 15.5. The van der Waals surface area contributed by atoms with Crippen LogP contribution < -0.4 is 10.2 Å². The highest BCUT2D eigenvalue weighted by Crippen LogP contribution is 2.25. The van der Waals surface area contributed by atoms with E-state index < -0.39 is 10.8 Å². The molecule has 7 heteroatoms. The van der Waals surface area contributed by atoms with Gasteiger partial charge in [0.05, 0.1) is 11.0 Å². The minimum Gasteiger partial charge on any atom is -0.347 e. The molecule has 0 bridgehead atoms. The van der Waals surface area contributed by atoms with Crippen molar-refractivity contribution >= 4 is 23.2 Å². The van der Waals surface area contributed by atoms with Crippen LogP contribution in [0, 0.1) is 30.9 Å². The van der Waals surface area contributed by atoms with Crippen molar-refractivity contribution in [2.45, 2.75) is 33.2 Å². The highest BCUT2D eigenvalue weighted by molar-refractivity contribution is 6.00. The third-order valence-electron chi connectivity index (χ3n) is 5.01. The van der Waals surface area contributed by atoms with Crippen molar-refractivity contribution in [1.29, 1.82) is 0 Å². The minimum atomic E-state index is -0.507. The van der Waals surface area contributed by atoms with Gasteiger partial charge in [0.25, 0.3) is 11.6 Å². The molecule has 1 aliphatic rings. The molecular formula is C20H21N3O4. The van der Waals surface area contributed by atoms with Crippen LogP contribution in [0.1, 0.15) is 33.5 Å². The predicted octanol–water partition coefficient (Wildman–Crippen LogP) is 3.06. The van der Waals surface area contributed by atoms with E-state index in [9.17, 15) is 19.7 Å². The number of nitro benzene ring substituents is 1. The third-order valence-corrected chi connectivity index (χ3v) is 5.01. The number of nitro groups is 1. The molecule has 1 saturated heterocycles. The number of aryl methyl sites for hydroxylation is 2. The van der Waals surface area contributed by atoms with Crippen molar-refractivity contribution in [1.82, 2.24) is 5.32 Å². The molecular weight excluding hydrogens is 346 g/mol. The Kier molecular flexibility index (Phi) is 4.94. The van der Waals surface area contributed by atoms with E-state index in [1.807, 2.05) is 32.0 Å². The average molecular weight is 367 g/mol. The Balaban J connectivity index is 1.75. The summed E-state index contributed by atoms with van der Waals surface area (Å²) in [6, 6.07) is 9.89. The number of amides is 2. The van der Waals surface area contributed by atoms with E-state index in [0.717, 1.165) is 16.8 Å². The smallest absolute Gasteiger partial charge is 0.273 e. The molecule has 0 spiro atoms. The molecule has 0 aromatic heterocycles. The van der Waals surface area contributed by atoms with Gasteiger partial charge < -0.3 is 10.2 Å². The van der Waals surface area contributed by atoms with Crippen molar-refractivity contribution in [3.05, 3.63) is 68.8 Å². The first-order valence-corrected chi connectivity index (χ1v) is 8.70. The summed E-state index contributed by atoms with van der Waals surface area (Å²) < 4.78 is 0. The number of nitrogens with one attached hydrogen (secondary N) is 1. The Morgan fingerprint density at radius 3 is 2.59 bits per heavy atom. The molecule has 0 radical (unpaired) electrons. The van der Waals surface area contributed by atoms with Crippen LogP contribution in [0.25, 0.3) is 0 Å². The fourth-order valence-electron chi connectivity index (χ4n) is 3.28. The first-order chi connectivity index (χ1) is 12.8. The lowest BCUT2D eigenvalue weighted by molar-refractivity contribution is -0.385. The summed E-state index contributed by atoms with van der Waals surface area (Å²) in [5.74, 6) is -0.463. The molecule has 1 aliphatic heterocycles. The lowest BCUT2D eigenvalue weighted by Crippen LogP contribution is -2.37. The highest BCUT2D eigenvalue weighted by atomic mass is 16.6. The monoisotopic (exact) mass is 367 g/mol. The molecule has 0 unspecified atom stereocenters. The SMILES string of the molecule is Cc1ccc(N2C[C@H](NC(=O)c3cccc([N+](=O)[O-])c3C)CC2=O)cc1C. The number of hydrogen-bond acceptors (Lipinski definition) is 4. The fourth-order valence-corrected chi connectivity index (χ4v) is 3.28. The number of hydrogen-bond donors (Lipinski definition) is 1. The van der Waals surface area contributed by atoms with Gasteiger partial charge in [-0.1, -0.05) is 12.1 Å². The lowest BCUT2D eigenvalue weighted by Gasteiger charge is -2.18. The van der Waals surface area contributed by atoms with Gasteiger partial charge in [0, 0.05) is 35.8 Å². The molecule has 3 rings (SSSR count). The first-order valence-electron chi connectivity index (χ1n) is 8.70. The normalized spacial score (nSPS) is 16.5.